The Morgan fingerprint density at radius 2 is 1.31 bits per heavy atom. The van der Waals surface area contributed by atoms with E-state index >= 15 is 0 Å². The highest BCUT2D eigenvalue weighted by atomic mass is 16.5. The van der Waals surface area contributed by atoms with Crippen molar-refractivity contribution >= 4 is 41.2 Å². The summed E-state index contributed by atoms with van der Waals surface area (Å²) in [6.07, 6.45) is 6.49. The van der Waals surface area contributed by atoms with Gasteiger partial charge < -0.3 is 55.2 Å². The number of carbonyl (C=O) groups excluding carboxylic acids is 1. The van der Waals surface area contributed by atoms with E-state index in [1.807, 2.05) is 62.6 Å². The molecule has 4 heterocycles. The fourth-order valence-electron chi connectivity index (χ4n) is 5.72. The maximum absolute atomic E-state index is 8.81. The maximum atomic E-state index is 8.81. The zero-order chi connectivity index (χ0) is 37.8. The van der Waals surface area contributed by atoms with Gasteiger partial charge >= 0.3 is 0 Å². The van der Waals surface area contributed by atoms with Crippen molar-refractivity contribution < 1.29 is 23.7 Å². The first kappa shape index (κ1) is 43.0. The monoisotopic (exact) mass is 746 g/mol. The smallest absolute Gasteiger partial charge is 0.229 e. The van der Waals surface area contributed by atoms with Gasteiger partial charge in [0.2, 0.25) is 11.9 Å². The number of anilines is 6. The number of hydrogen-bond acceptors (Lipinski definition) is 15. The predicted octanol–water partition coefficient (Wildman–Crippen LogP) is 6.09. The predicted molar refractivity (Wildman–Crippen MR) is 216 cm³/mol. The number of benzene rings is 2. The van der Waals surface area contributed by atoms with Gasteiger partial charge in [0.15, 0.2) is 23.0 Å². The number of aromatic nitrogens is 4. The topological polar surface area (TPSA) is 169 Å². The van der Waals surface area contributed by atoms with Gasteiger partial charge in [-0.25, -0.2) is 9.97 Å². The first-order valence-corrected chi connectivity index (χ1v) is 17.9. The van der Waals surface area contributed by atoms with Gasteiger partial charge in [-0.3, -0.25) is 0 Å². The molecule has 2 aromatic carbocycles. The lowest BCUT2D eigenvalue weighted by atomic mass is 10.1. The second kappa shape index (κ2) is 23.3. The van der Waals surface area contributed by atoms with Crippen LogP contribution in [0.1, 0.15) is 34.1 Å². The molecule has 2 aromatic heterocycles. The summed E-state index contributed by atoms with van der Waals surface area (Å²) in [6, 6.07) is 15.1. The Balaban J connectivity index is 0.000000267. The lowest BCUT2D eigenvalue weighted by molar-refractivity contribution is -0.106. The summed E-state index contributed by atoms with van der Waals surface area (Å²) in [5.41, 5.74) is 1.71. The molecule has 15 heteroatoms. The molecule has 0 bridgehead atoms. The minimum absolute atomic E-state index is 0. The third-order valence-corrected chi connectivity index (χ3v) is 8.59. The maximum Gasteiger partial charge on any atom is 0.229 e. The molecule has 2 aliphatic heterocycles. The van der Waals surface area contributed by atoms with E-state index in [-0.39, 0.29) is 7.43 Å². The summed E-state index contributed by atoms with van der Waals surface area (Å²) in [7, 11) is 6.95. The van der Waals surface area contributed by atoms with Crippen molar-refractivity contribution in [3.05, 3.63) is 60.9 Å². The number of ether oxygens (including phenoxy) is 4. The van der Waals surface area contributed by atoms with Crippen molar-refractivity contribution in [3.63, 3.8) is 0 Å². The largest absolute Gasteiger partial charge is 0.493 e. The first-order valence-electron chi connectivity index (χ1n) is 17.9. The number of likely N-dealkylation sites (tertiary alicyclic amines) is 1. The van der Waals surface area contributed by atoms with E-state index in [1.165, 1.54) is 13.3 Å². The number of methoxy groups -OCH3 is 2. The van der Waals surface area contributed by atoms with E-state index in [2.05, 4.69) is 58.3 Å². The molecule has 0 spiro atoms. The molecule has 15 nitrogen and oxygen atoms in total. The lowest BCUT2D eigenvalue weighted by Gasteiger charge is -2.16. The van der Waals surface area contributed by atoms with Crippen LogP contribution >= 0.6 is 0 Å². The number of nitrogens with one attached hydrogen (secondary N) is 5. The summed E-state index contributed by atoms with van der Waals surface area (Å²) >= 11 is 0. The van der Waals surface area contributed by atoms with E-state index in [9.17, 15) is 0 Å². The Labute approximate surface area is 320 Å². The normalized spacial score (nSPS) is 15.9. The molecule has 2 saturated heterocycles. The lowest BCUT2D eigenvalue weighted by Crippen LogP contribution is -2.21. The van der Waals surface area contributed by atoms with Crippen molar-refractivity contribution in [2.75, 3.05) is 95.5 Å². The molecule has 294 valence electrons. The summed E-state index contributed by atoms with van der Waals surface area (Å²) in [5.74, 6) is 6.58. The van der Waals surface area contributed by atoms with Crippen LogP contribution in [0.5, 0.6) is 23.0 Å². The molecule has 0 aliphatic carbocycles. The Morgan fingerprint density at radius 3 is 1.74 bits per heavy atom. The van der Waals surface area contributed by atoms with Crippen molar-refractivity contribution in [3.8, 4) is 23.0 Å². The highest BCUT2D eigenvalue weighted by Crippen LogP contribution is 2.33. The van der Waals surface area contributed by atoms with Crippen LogP contribution in [0.3, 0.4) is 0 Å². The molecule has 5 N–H and O–H groups in total. The van der Waals surface area contributed by atoms with Crippen molar-refractivity contribution in [1.29, 1.82) is 0 Å². The van der Waals surface area contributed by atoms with Gasteiger partial charge in [-0.05, 0) is 75.8 Å². The second-order valence-electron chi connectivity index (χ2n) is 12.3. The highest BCUT2D eigenvalue weighted by Gasteiger charge is 2.22. The zero-order valence-electron chi connectivity index (χ0n) is 31.6. The highest BCUT2D eigenvalue weighted by molar-refractivity contribution is 5.61. The molecule has 0 amide bonds. The molecule has 2 unspecified atom stereocenters. The average molecular weight is 747 g/mol. The summed E-state index contributed by atoms with van der Waals surface area (Å²) in [4.78, 5) is 28.5. The molecule has 6 rings (SSSR count). The molecule has 2 aliphatic rings. The number of aldehydes is 1. The minimum Gasteiger partial charge on any atom is -0.493 e. The number of rotatable bonds is 15. The van der Waals surface area contributed by atoms with E-state index in [0.717, 1.165) is 91.4 Å². The third-order valence-electron chi connectivity index (χ3n) is 8.59. The molecule has 54 heavy (non-hydrogen) atoms. The van der Waals surface area contributed by atoms with Crippen molar-refractivity contribution in [2.24, 2.45) is 11.8 Å². The first-order chi connectivity index (χ1) is 25.9. The van der Waals surface area contributed by atoms with Crippen LogP contribution in [0.15, 0.2) is 60.9 Å². The quantitative estimate of drug-likeness (QED) is 0.0886. The molecular weight excluding hydrogens is 688 g/mol. The number of nitrogens with zero attached hydrogens (tertiary/aromatic N) is 5. The molecule has 0 radical (unpaired) electrons. The SMILES string of the molecule is C.CC=O.CCN1CCC(COc2cc(Nc3nccc(NC)n3)ccc2OC)C1.CNc1ccnc(Nc2ccc(OC)c(OCC3CCNC3)c2)n1. The molecule has 0 saturated carbocycles. The van der Waals surface area contributed by atoms with Crippen LogP contribution in [-0.4, -0.2) is 105 Å². The van der Waals surface area contributed by atoms with Crippen molar-refractivity contribution in [2.45, 2.75) is 34.1 Å². The minimum atomic E-state index is 0. The Kier molecular flexibility index (Phi) is 18.5. The van der Waals surface area contributed by atoms with Crippen LogP contribution in [0.25, 0.3) is 0 Å². The van der Waals surface area contributed by atoms with E-state index in [1.54, 1.807) is 26.6 Å². The van der Waals surface area contributed by atoms with Crippen LogP contribution in [0, 0.1) is 11.8 Å². The average Bonchev–Trinajstić information content (AvgIpc) is 3.90. The Morgan fingerprint density at radius 1 is 0.796 bits per heavy atom. The summed E-state index contributed by atoms with van der Waals surface area (Å²) < 4.78 is 22.9. The number of carbonyl (C=O) groups is 1. The van der Waals surface area contributed by atoms with Crippen LogP contribution in [-0.2, 0) is 4.79 Å². The standard InChI is InChI=1S/C19H27N5O2.C17H23N5O2.C2H4O.CH4/c1-4-24-10-8-14(12-24)13-26-17-11-15(5-6-16(17)25-3)22-19-21-9-7-18(20-2)23-19;1-18-16-6-8-20-17(22-16)21-13-3-4-14(23-2)15(9-13)24-11-12-5-7-19-10-12;1-2-3;/h5-7,9,11,14H,4,8,10,12-13H2,1-3H3,(H2,20,21,22,23);3-4,6,8-9,12,19H,5,7,10-11H2,1-2H3,(H2,18,20,21,22);2H,1H3;1H4. The fourth-order valence-corrected chi connectivity index (χ4v) is 5.72. The van der Waals surface area contributed by atoms with E-state index in [0.29, 0.717) is 36.9 Å². The van der Waals surface area contributed by atoms with Gasteiger partial charge in [0.05, 0.1) is 27.4 Å². The second-order valence-corrected chi connectivity index (χ2v) is 12.3. The van der Waals surface area contributed by atoms with Gasteiger partial charge in [-0.1, -0.05) is 14.4 Å². The van der Waals surface area contributed by atoms with Crippen LogP contribution < -0.4 is 45.5 Å². The number of hydrogen-bond donors (Lipinski definition) is 5. The molecule has 2 fully saturated rings. The summed E-state index contributed by atoms with van der Waals surface area (Å²) in [6.45, 7) is 10.4. The van der Waals surface area contributed by atoms with Crippen LogP contribution in [0.4, 0.5) is 34.9 Å². The zero-order valence-corrected chi connectivity index (χ0v) is 31.6. The molecular formula is C39H58N10O5. The third kappa shape index (κ3) is 13.5. The van der Waals surface area contributed by atoms with Gasteiger partial charge in [0.1, 0.15) is 17.9 Å². The fraction of sp³-hybridized carbons (Fsp3) is 0.462. The van der Waals surface area contributed by atoms with Gasteiger partial charge in [-0.2, -0.15) is 9.97 Å². The molecule has 4 aromatic rings. The summed E-state index contributed by atoms with van der Waals surface area (Å²) in [5, 5.41) is 15.7. The van der Waals surface area contributed by atoms with Gasteiger partial charge in [-0.15, -0.1) is 0 Å². The Bertz CT molecular complexity index is 1690. The Hall–Kier alpha value is -5.41. The van der Waals surface area contributed by atoms with Crippen LogP contribution in [0.2, 0.25) is 0 Å². The van der Waals surface area contributed by atoms with Crippen molar-refractivity contribution in [1.82, 2.24) is 30.2 Å². The van der Waals surface area contributed by atoms with E-state index < -0.39 is 0 Å². The van der Waals surface area contributed by atoms with Gasteiger partial charge in [0.25, 0.3) is 0 Å². The van der Waals surface area contributed by atoms with E-state index in [4.69, 9.17) is 23.7 Å². The molecule has 2 atom stereocenters. The van der Waals surface area contributed by atoms with Gasteiger partial charge in [0, 0.05) is 74.9 Å².